The lowest BCUT2D eigenvalue weighted by molar-refractivity contribution is -0.138. The van der Waals surface area contributed by atoms with E-state index in [0.717, 1.165) is 54.5 Å². The second-order valence-electron chi connectivity index (χ2n) is 9.29. The van der Waals surface area contributed by atoms with E-state index in [0.29, 0.717) is 18.7 Å². The summed E-state index contributed by atoms with van der Waals surface area (Å²) in [5.41, 5.74) is 1.50. The van der Waals surface area contributed by atoms with E-state index in [-0.39, 0.29) is 23.8 Å². The van der Waals surface area contributed by atoms with Crippen LogP contribution in [0.15, 0.2) is 66.9 Å². The number of likely N-dealkylation sites (tertiary alicyclic amines) is 2. The van der Waals surface area contributed by atoms with Crippen LogP contribution in [0.1, 0.15) is 47.9 Å². The highest BCUT2D eigenvalue weighted by Gasteiger charge is 2.38. The molecule has 0 aliphatic carbocycles. The van der Waals surface area contributed by atoms with Gasteiger partial charge in [0, 0.05) is 31.4 Å². The lowest BCUT2D eigenvalue weighted by Crippen LogP contribution is -2.46. The highest BCUT2D eigenvalue weighted by Crippen LogP contribution is 2.34. The van der Waals surface area contributed by atoms with Crippen molar-refractivity contribution in [3.63, 3.8) is 0 Å². The summed E-state index contributed by atoms with van der Waals surface area (Å²) in [4.78, 5) is 31.0. The van der Waals surface area contributed by atoms with Gasteiger partial charge in [-0.05, 0) is 54.7 Å². The largest absolute Gasteiger partial charge is 0.338 e. The Balaban J connectivity index is 1.23. The number of hydrogen-bond acceptors (Lipinski definition) is 4. The van der Waals surface area contributed by atoms with Gasteiger partial charge in [0.05, 0.1) is 12.0 Å². The molecule has 0 bridgehead atoms. The van der Waals surface area contributed by atoms with Crippen LogP contribution in [0.5, 0.6) is 0 Å². The van der Waals surface area contributed by atoms with Gasteiger partial charge in [-0.25, -0.2) is 0 Å². The minimum Gasteiger partial charge on any atom is -0.338 e. The molecule has 0 N–H and O–H groups in total. The number of rotatable bonds is 3. The van der Waals surface area contributed by atoms with Crippen molar-refractivity contribution in [3.8, 4) is 0 Å². The summed E-state index contributed by atoms with van der Waals surface area (Å²) < 4.78 is 1.98. The zero-order valence-corrected chi connectivity index (χ0v) is 19.0. The van der Waals surface area contributed by atoms with Crippen LogP contribution in [0.3, 0.4) is 0 Å². The molecule has 7 nitrogen and oxygen atoms in total. The van der Waals surface area contributed by atoms with Crippen LogP contribution in [-0.4, -0.2) is 55.8 Å². The Morgan fingerprint density at radius 2 is 1.68 bits per heavy atom. The van der Waals surface area contributed by atoms with E-state index in [1.807, 2.05) is 81.1 Å². The zero-order chi connectivity index (χ0) is 23.1. The van der Waals surface area contributed by atoms with E-state index < -0.39 is 0 Å². The first kappa shape index (κ1) is 20.8. The Hall–Kier alpha value is -3.74. The molecule has 2 aromatic carbocycles. The standard InChI is InChI=1S/C27H27N5O2/c33-26(31-17-7-13-23(31)25-29-28-24-14-3-4-16-32(24)25)20-10-6-15-30(18-20)27(34)22-12-5-9-19-8-1-2-11-21(19)22/h1-5,8-9,11-12,14,16,20,23H,6-7,10,13,15,17-18H2/t20-,23-/m0/s1. The molecule has 2 aromatic heterocycles. The molecule has 2 atom stereocenters. The molecule has 0 spiro atoms. The first-order valence-corrected chi connectivity index (χ1v) is 12.1. The third-order valence-corrected chi connectivity index (χ3v) is 7.25. The van der Waals surface area contributed by atoms with Crippen molar-refractivity contribution >= 4 is 28.2 Å². The van der Waals surface area contributed by atoms with Crippen molar-refractivity contribution in [2.45, 2.75) is 31.7 Å². The van der Waals surface area contributed by atoms with Gasteiger partial charge < -0.3 is 9.80 Å². The van der Waals surface area contributed by atoms with Gasteiger partial charge in [0.2, 0.25) is 5.91 Å². The third kappa shape index (κ3) is 3.52. The van der Waals surface area contributed by atoms with Gasteiger partial charge >= 0.3 is 0 Å². The molecule has 2 aliphatic rings. The number of hydrogen-bond donors (Lipinski definition) is 0. The molecule has 2 amide bonds. The van der Waals surface area contributed by atoms with Crippen molar-refractivity contribution in [3.05, 3.63) is 78.2 Å². The van der Waals surface area contributed by atoms with Crippen LogP contribution in [0.2, 0.25) is 0 Å². The summed E-state index contributed by atoms with van der Waals surface area (Å²) >= 11 is 0. The fourth-order valence-corrected chi connectivity index (χ4v) is 5.57. The van der Waals surface area contributed by atoms with Gasteiger partial charge in [0.15, 0.2) is 11.5 Å². The quantitative estimate of drug-likeness (QED) is 0.468. The maximum absolute atomic E-state index is 13.7. The normalized spacial score (nSPS) is 20.8. The van der Waals surface area contributed by atoms with Crippen LogP contribution >= 0.6 is 0 Å². The molecule has 172 valence electrons. The van der Waals surface area contributed by atoms with E-state index >= 15 is 0 Å². The molecule has 4 aromatic rings. The van der Waals surface area contributed by atoms with Gasteiger partial charge in [-0.2, -0.15) is 0 Å². The Labute approximate surface area is 198 Å². The first-order valence-electron chi connectivity index (χ1n) is 12.1. The fraction of sp³-hybridized carbons (Fsp3) is 0.333. The zero-order valence-electron chi connectivity index (χ0n) is 19.0. The number of pyridine rings is 1. The summed E-state index contributed by atoms with van der Waals surface area (Å²) in [7, 11) is 0. The number of amides is 2. The van der Waals surface area contributed by atoms with Crippen LogP contribution in [0, 0.1) is 5.92 Å². The van der Waals surface area contributed by atoms with Crippen molar-refractivity contribution in [1.29, 1.82) is 0 Å². The smallest absolute Gasteiger partial charge is 0.254 e. The lowest BCUT2D eigenvalue weighted by atomic mass is 9.94. The van der Waals surface area contributed by atoms with Crippen LogP contribution in [0.25, 0.3) is 16.4 Å². The summed E-state index contributed by atoms with van der Waals surface area (Å²) in [6, 6.07) is 19.6. The van der Waals surface area contributed by atoms with Gasteiger partial charge in [-0.15, -0.1) is 10.2 Å². The van der Waals surface area contributed by atoms with Crippen LogP contribution < -0.4 is 0 Å². The van der Waals surface area contributed by atoms with Gasteiger partial charge in [0.25, 0.3) is 5.91 Å². The minimum atomic E-state index is -0.188. The summed E-state index contributed by atoms with van der Waals surface area (Å²) in [5.74, 6) is 0.773. The highest BCUT2D eigenvalue weighted by molar-refractivity contribution is 6.07. The lowest BCUT2D eigenvalue weighted by Gasteiger charge is -2.35. The van der Waals surface area contributed by atoms with Gasteiger partial charge in [0.1, 0.15) is 0 Å². The van der Waals surface area contributed by atoms with E-state index in [1.165, 1.54) is 0 Å². The highest BCUT2D eigenvalue weighted by atomic mass is 16.2. The van der Waals surface area contributed by atoms with Gasteiger partial charge in [-0.1, -0.05) is 42.5 Å². The van der Waals surface area contributed by atoms with E-state index in [4.69, 9.17) is 0 Å². The maximum Gasteiger partial charge on any atom is 0.254 e. The molecule has 0 saturated carbocycles. The van der Waals surface area contributed by atoms with Crippen molar-refractivity contribution in [2.75, 3.05) is 19.6 Å². The number of carbonyl (C=O) groups is 2. The predicted octanol–water partition coefficient (Wildman–Crippen LogP) is 4.10. The number of benzene rings is 2. The van der Waals surface area contributed by atoms with Crippen LogP contribution in [0.4, 0.5) is 0 Å². The Morgan fingerprint density at radius 3 is 2.62 bits per heavy atom. The fourth-order valence-electron chi connectivity index (χ4n) is 5.57. The molecule has 7 heteroatoms. The third-order valence-electron chi connectivity index (χ3n) is 7.25. The summed E-state index contributed by atoms with van der Waals surface area (Å²) in [5, 5.41) is 10.7. The molecule has 2 aliphatic heterocycles. The van der Waals surface area contributed by atoms with Gasteiger partial charge in [-0.3, -0.25) is 14.0 Å². The number of carbonyl (C=O) groups excluding carboxylic acids is 2. The average Bonchev–Trinajstić information content (AvgIpc) is 3.54. The van der Waals surface area contributed by atoms with Crippen LogP contribution in [-0.2, 0) is 4.79 Å². The minimum absolute atomic E-state index is 0.00993. The second kappa shape index (κ2) is 8.56. The number of piperidine rings is 1. The molecule has 0 unspecified atom stereocenters. The van der Waals surface area contributed by atoms with Crippen molar-refractivity contribution in [2.24, 2.45) is 5.92 Å². The SMILES string of the molecule is O=C(c1cccc2ccccc12)N1CCC[C@H](C(=O)N2CCC[C@H]2c2nnc3ccccn23)C1. The molecule has 34 heavy (non-hydrogen) atoms. The molecule has 0 radical (unpaired) electrons. The molecular weight excluding hydrogens is 426 g/mol. The second-order valence-corrected chi connectivity index (χ2v) is 9.29. The Bertz CT molecular complexity index is 1370. The predicted molar refractivity (Wildman–Crippen MR) is 129 cm³/mol. The summed E-state index contributed by atoms with van der Waals surface area (Å²) in [6.45, 7) is 1.87. The van der Waals surface area contributed by atoms with E-state index in [2.05, 4.69) is 10.2 Å². The molecule has 6 rings (SSSR count). The molecule has 2 saturated heterocycles. The number of nitrogens with zero attached hydrogens (tertiary/aromatic N) is 5. The monoisotopic (exact) mass is 453 g/mol. The number of fused-ring (bicyclic) bond motifs is 2. The number of aromatic nitrogens is 3. The molecule has 2 fully saturated rings. The maximum atomic E-state index is 13.7. The summed E-state index contributed by atoms with van der Waals surface area (Å²) in [6.07, 6.45) is 5.42. The Kier molecular flexibility index (Phi) is 5.24. The average molecular weight is 454 g/mol. The van der Waals surface area contributed by atoms with Crippen molar-refractivity contribution in [1.82, 2.24) is 24.4 Å². The molecule has 4 heterocycles. The van der Waals surface area contributed by atoms with E-state index in [1.54, 1.807) is 0 Å². The van der Waals surface area contributed by atoms with E-state index in [9.17, 15) is 9.59 Å². The Morgan fingerprint density at radius 1 is 0.853 bits per heavy atom. The van der Waals surface area contributed by atoms with Crippen molar-refractivity contribution < 1.29 is 9.59 Å². The first-order chi connectivity index (χ1) is 16.7. The topological polar surface area (TPSA) is 70.8 Å². The molecular formula is C27H27N5O2.